The molecule has 0 aromatic heterocycles. The summed E-state index contributed by atoms with van der Waals surface area (Å²) in [7, 11) is 0. The molecule has 0 bridgehead atoms. The lowest BCUT2D eigenvalue weighted by atomic mass is 9.88. The van der Waals surface area contributed by atoms with Crippen molar-refractivity contribution in [3.05, 3.63) is 0 Å². The molecule has 0 radical (unpaired) electrons. The predicted octanol–water partition coefficient (Wildman–Crippen LogP) is 2.32. The van der Waals surface area contributed by atoms with Crippen molar-refractivity contribution in [2.24, 2.45) is 5.92 Å². The van der Waals surface area contributed by atoms with E-state index in [0.717, 1.165) is 13.0 Å². The van der Waals surface area contributed by atoms with E-state index in [4.69, 9.17) is 0 Å². The third kappa shape index (κ3) is 3.25. The number of nitrogens with one attached hydrogen (secondary N) is 1. The lowest BCUT2D eigenvalue weighted by molar-refractivity contribution is 0.0653. The number of aliphatic hydroxyl groups excluding tert-OH is 1. The Morgan fingerprint density at radius 3 is 2.36 bits per heavy atom. The van der Waals surface area contributed by atoms with Crippen LogP contribution in [0.15, 0.2) is 0 Å². The van der Waals surface area contributed by atoms with Crippen LogP contribution in [0.5, 0.6) is 0 Å². The minimum absolute atomic E-state index is 0.114. The molecule has 2 heteroatoms. The molecule has 0 aliphatic carbocycles. The largest absolute Gasteiger partial charge is 0.391 e. The maximum Gasteiger partial charge on any atom is 0.0721 e. The molecule has 0 saturated carbocycles. The molecule has 2 unspecified atom stereocenters. The van der Waals surface area contributed by atoms with Crippen molar-refractivity contribution in [3.63, 3.8) is 0 Å². The van der Waals surface area contributed by atoms with Crippen molar-refractivity contribution in [3.8, 4) is 0 Å². The summed E-state index contributed by atoms with van der Waals surface area (Å²) in [5.74, 6) is 0.514. The zero-order valence-corrected chi connectivity index (χ0v) is 9.63. The van der Waals surface area contributed by atoms with Crippen LogP contribution in [0.25, 0.3) is 0 Å². The van der Waals surface area contributed by atoms with Gasteiger partial charge in [0.15, 0.2) is 0 Å². The molecule has 0 aromatic rings. The van der Waals surface area contributed by atoms with E-state index in [1.165, 1.54) is 32.1 Å². The summed E-state index contributed by atoms with van der Waals surface area (Å²) in [5, 5.41) is 13.6. The second kappa shape index (κ2) is 6.41. The van der Waals surface area contributed by atoms with E-state index in [9.17, 15) is 5.11 Å². The first-order valence-corrected chi connectivity index (χ1v) is 6.21. The van der Waals surface area contributed by atoms with Gasteiger partial charge in [0.05, 0.1) is 6.10 Å². The maximum atomic E-state index is 10.2. The van der Waals surface area contributed by atoms with Crippen molar-refractivity contribution in [1.82, 2.24) is 5.32 Å². The van der Waals surface area contributed by atoms with E-state index >= 15 is 0 Å². The Labute approximate surface area is 88.1 Å². The molecule has 1 fully saturated rings. The van der Waals surface area contributed by atoms with Gasteiger partial charge in [-0.1, -0.05) is 26.7 Å². The van der Waals surface area contributed by atoms with Crippen LogP contribution in [0.2, 0.25) is 0 Å². The minimum atomic E-state index is -0.114. The first-order chi connectivity index (χ1) is 6.79. The van der Waals surface area contributed by atoms with Gasteiger partial charge in [-0.3, -0.25) is 0 Å². The third-order valence-corrected chi connectivity index (χ3v) is 3.31. The first-order valence-electron chi connectivity index (χ1n) is 6.21. The summed E-state index contributed by atoms with van der Waals surface area (Å²) in [4.78, 5) is 0. The molecule has 0 amide bonds. The van der Waals surface area contributed by atoms with E-state index in [1.54, 1.807) is 0 Å². The lowest BCUT2D eigenvalue weighted by Gasteiger charge is -2.27. The molecule has 1 aliphatic rings. The highest BCUT2D eigenvalue weighted by Gasteiger charge is 2.28. The third-order valence-electron chi connectivity index (χ3n) is 3.31. The quantitative estimate of drug-likeness (QED) is 0.688. The Balaban J connectivity index is 2.39. The van der Waals surface area contributed by atoms with E-state index in [1.807, 2.05) is 0 Å². The SMILES string of the molecule is CCCC(CCC)C(O)C1CCCN1. The van der Waals surface area contributed by atoms with Gasteiger partial charge in [-0.25, -0.2) is 0 Å². The number of rotatable bonds is 6. The Bertz CT molecular complexity index is 137. The van der Waals surface area contributed by atoms with Crippen molar-refractivity contribution in [1.29, 1.82) is 0 Å². The molecule has 1 saturated heterocycles. The van der Waals surface area contributed by atoms with Crippen LogP contribution >= 0.6 is 0 Å². The minimum Gasteiger partial charge on any atom is -0.391 e. The molecule has 0 spiro atoms. The van der Waals surface area contributed by atoms with Crippen LogP contribution in [0.1, 0.15) is 52.4 Å². The van der Waals surface area contributed by atoms with Gasteiger partial charge in [0, 0.05) is 6.04 Å². The van der Waals surface area contributed by atoms with Crippen LogP contribution in [-0.4, -0.2) is 23.8 Å². The molecule has 2 atom stereocenters. The predicted molar refractivity (Wildman–Crippen MR) is 60.3 cm³/mol. The van der Waals surface area contributed by atoms with Gasteiger partial charge in [-0.05, 0) is 38.1 Å². The molecule has 84 valence electrons. The fraction of sp³-hybridized carbons (Fsp3) is 1.00. The lowest BCUT2D eigenvalue weighted by Crippen LogP contribution is -2.39. The number of hydrogen-bond acceptors (Lipinski definition) is 2. The van der Waals surface area contributed by atoms with Gasteiger partial charge in [0.25, 0.3) is 0 Å². The van der Waals surface area contributed by atoms with Crippen LogP contribution in [0, 0.1) is 5.92 Å². The summed E-state index contributed by atoms with van der Waals surface area (Å²) in [6.45, 7) is 5.50. The van der Waals surface area contributed by atoms with Gasteiger partial charge in [0.2, 0.25) is 0 Å². The van der Waals surface area contributed by atoms with Gasteiger partial charge in [-0.15, -0.1) is 0 Å². The Kier molecular flexibility index (Phi) is 5.49. The van der Waals surface area contributed by atoms with Crippen molar-refractivity contribution in [2.45, 2.75) is 64.5 Å². The van der Waals surface area contributed by atoms with Gasteiger partial charge < -0.3 is 10.4 Å². The molecular weight excluding hydrogens is 174 g/mol. The molecule has 2 N–H and O–H groups in total. The average molecular weight is 199 g/mol. The highest BCUT2D eigenvalue weighted by molar-refractivity contribution is 4.85. The van der Waals surface area contributed by atoms with Crippen molar-refractivity contribution >= 4 is 0 Å². The summed E-state index contributed by atoms with van der Waals surface area (Å²) in [5.41, 5.74) is 0. The van der Waals surface area contributed by atoms with Gasteiger partial charge >= 0.3 is 0 Å². The highest BCUT2D eigenvalue weighted by atomic mass is 16.3. The van der Waals surface area contributed by atoms with Gasteiger partial charge in [0.1, 0.15) is 0 Å². The topological polar surface area (TPSA) is 32.3 Å². The normalized spacial score (nSPS) is 24.4. The smallest absolute Gasteiger partial charge is 0.0721 e. The highest BCUT2D eigenvalue weighted by Crippen LogP contribution is 2.23. The standard InChI is InChI=1S/C12H25NO/c1-3-6-10(7-4-2)12(14)11-8-5-9-13-11/h10-14H,3-9H2,1-2H3. The fourth-order valence-electron chi connectivity index (χ4n) is 2.56. The first kappa shape index (κ1) is 12.0. The van der Waals surface area contributed by atoms with Gasteiger partial charge in [-0.2, -0.15) is 0 Å². The molecule has 1 heterocycles. The Hall–Kier alpha value is -0.0800. The fourth-order valence-corrected chi connectivity index (χ4v) is 2.56. The zero-order valence-electron chi connectivity index (χ0n) is 9.63. The molecule has 0 aromatic carbocycles. The van der Waals surface area contributed by atoms with E-state index in [0.29, 0.717) is 12.0 Å². The summed E-state index contributed by atoms with van der Waals surface area (Å²) >= 11 is 0. The zero-order chi connectivity index (χ0) is 10.4. The second-order valence-corrected chi connectivity index (χ2v) is 4.53. The Morgan fingerprint density at radius 1 is 1.29 bits per heavy atom. The molecule has 14 heavy (non-hydrogen) atoms. The molecule has 2 nitrogen and oxygen atoms in total. The second-order valence-electron chi connectivity index (χ2n) is 4.53. The van der Waals surface area contributed by atoms with E-state index < -0.39 is 0 Å². The monoisotopic (exact) mass is 199 g/mol. The number of aliphatic hydroxyl groups is 1. The summed E-state index contributed by atoms with van der Waals surface area (Å²) < 4.78 is 0. The average Bonchev–Trinajstić information content (AvgIpc) is 2.69. The van der Waals surface area contributed by atoms with E-state index in [2.05, 4.69) is 19.2 Å². The summed E-state index contributed by atoms with van der Waals surface area (Å²) in [6, 6.07) is 0.373. The van der Waals surface area contributed by atoms with E-state index in [-0.39, 0.29) is 6.10 Å². The molecular formula is C12H25NO. The van der Waals surface area contributed by atoms with Crippen LogP contribution in [0.4, 0.5) is 0 Å². The van der Waals surface area contributed by atoms with Crippen LogP contribution < -0.4 is 5.32 Å². The maximum absolute atomic E-state index is 10.2. The summed E-state index contributed by atoms with van der Waals surface area (Å²) in [6.07, 6.45) is 7.00. The van der Waals surface area contributed by atoms with Crippen LogP contribution in [-0.2, 0) is 0 Å². The number of hydrogen-bond donors (Lipinski definition) is 2. The Morgan fingerprint density at radius 2 is 1.93 bits per heavy atom. The molecule has 1 rings (SSSR count). The van der Waals surface area contributed by atoms with Crippen LogP contribution in [0.3, 0.4) is 0 Å². The van der Waals surface area contributed by atoms with Crippen molar-refractivity contribution < 1.29 is 5.11 Å². The molecule has 1 aliphatic heterocycles. The van der Waals surface area contributed by atoms with Crippen molar-refractivity contribution in [2.75, 3.05) is 6.54 Å².